The number of aromatic nitrogens is 2. The van der Waals surface area contributed by atoms with E-state index in [0.717, 1.165) is 74.6 Å². The van der Waals surface area contributed by atoms with Gasteiger partial charge in [-0.15, -0.1) is 0 Å². The molecule has 8 heteroatoms. The molecule has 2 fully saturated rings. The fourth-order valence-corrected chi connectivity index (χ4v) is 6.62. The van der Waals surface area contributed by atoms with E-state index in [2.05, 4.69) is 23.0 Å². The van der Waals surface area contributed by atoms with Gasteiger partial charge in [0.25, 0.3) is 5.91 Å². The fraction of sp³-hybridized carbons (Fsp3) is 0.531. The molecule has 1 saturated heterocycles. The first-order valence-corrected chi connectivity index (χ1v) is 14.6. The Bertz CT molecular complexity index is 1390. The zero-order valence-corrected chi connectivity index (χ0v) is 24.1. The van der Waals surface area contributed by atoms with Crippen LogP contribution in [-0.2, 0) is 11.2 Å². The van der Waals surface area contributed by atoms with Crippen LogP contribution in [0.3, 0.4) is 0 Å². The Morgan fingerprint density at radius 3 is 2.58 bits per heavy atom. The Morgan fingerprint density at radius 1 is 1.12 bits per heavy atom. The summed E-state index contributed by atoms with van der Waals surface area (Å²) >= 11 is 0. The van der Waals surface area contributed by atoms with Crippen LogP contribution in [0.25, 0.3) is 16.6 Å². The number of aryl methyl sites for hydroxylation is 1. The zero-order chi connectivity index (χ0) is 28.6. The number of fused-ring (bicyclic) bond motifs is 1. The van der Waals surface area contributed by atoms with Crippen molar-refractivity contribution < 1.29 is 19.1 Å². The number of carbonyl (C=O) groups is 2. The standard InChI is InChI=1S/C32H41FN4O3/c1-20(2)35(4)31(38)27-14-26(33)9-10-28(27)37-19-25(30-21(3)15-34-16-29(30)37)13-23-11-12-36(18-23)17-22-5-7-24(8-6-22)32(39)40/h9-10,14-16,19-20,22-24H,5-8,11-13,17-18H2,1-4H3,(H,39,40)/t22?,23-,24?/m0/s1. The van der Waals surface area contributed by atoms with E-state index in [1.54, 1.807) is 18.0 Å². The molecule has 0 radical (unpaired) electrons. The molecule has 1 aromatic carbocycles. The minimum Gasteiger partial charge on any atom is -0.481 e. The zero-order valence-electron chi connectivity index (χ0n) is 24.1. The van der Waals surface area contributed by atoms with E-state index >= 15 is 0 Å². The summed E-state index contributed by atoms with van der Waals surface area (Å²) in [5.41, 5.74) is 4.24. The van der Waals surface area contributed by atoms with Crippen molar-refractivity contribution in [2.75, 3.05) is 26.7 Å². The molecule has 2 aliphatic rings. The van der Waals surface area contributed by atoms with E-state index in [1.165, 1.54) is 17.7 Å². The molecule has 2 aromatic heterocycles. The number of nitrogens with zero attached hydrogens (tertiary/aromatic N) is 4. The summed E-state index contributed by atoms with van der Waals surface area (Å²) in [6, 6.07) is 4.43. The molecule has 7 nitrogen and oxygen atoms in total. The summed E-state index contributed by atoms with van der Waals surface area (Å²) in [7, 11) is 1.75. The quantitative estimate of drug-likeness (QED) is 0.390. The molecule has 214 valence electrons. The van der Waals surface area contributed by atoms with Crippen molar-refractivity contribution in [1.29, 1.82) is 0 Å². The van der Waals surface area contributed by atoms with Crippen molar-refractivity contribution >= 4 is 22.8 Å². The van der Waals surface area contributed by atoms with E-state index in [0.29, 0.717) is 23.1 Å². The average Bonchev–Trinajstić information content (AvgIpc) is 3.53. The third kappa shape index (κ3) is 5.78. The van der Waals surface area contributed by atoms with Crippen molar-refractivity contribution in [2.45, 2.75) is 65.3 Å². The molecule has 1 saturated carbocycles. The maximum atomic E-state index is 14.4. The molecule has 0 bridgehead atoms. The van der Waals surface area contributed by atoms with E-state index in [9.17, 15) is 19.1 Å². The van der Waals surface area contributed by atoms with Crippen LogP contribution in [0.4, 0.5) is 4.39 Å². The van der Waals surface area contributed by atoms with Crippen molar-refractivity contribution in [2.24, 2.45) is 17.8 Å². The van der Waals surface area contributed by atoms with Crippen LogP contribution in [0.5, 0.6) is 0 Å². The molecule has 3 aromatic rings. The van der Waals surface area contributed by atoms with E-state index in [-0.39, 0.29) is 17.9 Å². The van der Waals surface area contributed by atoms with E-state index < -0.39 is 11.8 Å². The second-order valence-electron chi connectivity index (χ2n) is 12.2. The smallest absolute Gasteiger partial charge is 0.306 e. The van der Waals surface area contributed by atoms with Crippen LogP contribution in [0.2, 0.25) is 0 Å². The van der Waals surface area contributed by atoms with Gasteiger partial charge in [-0.2, -0.15) is 0 Å². The number of halogens is 1. The summed E-state index contributed by atoms with van der Waals surface area (Å²) in [6.45, 7) is 9.12. The number of likely N-dealkylation sites (tertiary alicyclic amines) is 1. The highest BCUT2D eigenvalue weighted by molar-refractivity contribution is 5.99. The van der Waals surface area contributed by atoms with Gasteiger partial charge in [-0.25, -0.2) is 4.39 Å². The molecule has 3 heterocycles. The third-order valence-corrected chi connectivity index (χ3v) is 9.12. The van der Waals surface area contributed by atoms with Crippen LogP contribution < -0.4 is 0 Å². The Morgan fingerprint density at radius 2 is 1.88 bits per heavy atom. The highest BCUT2D eigenvalue weighted by atomic mass is 19.1. The fourth-order valence-electron chi connectivity index (χ4n) is 6.62. The van der Waals surface area contributed by atoms with Crippen LogP contribution in [0.15, 0.2) is 36.8 Å². The van der Waals surface area contributed by atoms with Gasteiger partial charge >= 0.3 is 5.97 Å². The predicted molar refractivity (Wildman–Crippen MR) is 154 cm³/mol. The first kappa shape index (κ1) is 28.3. The number of carbonyl (C=O) groups excluding carboxylic acids is 1. The molecule has 1 N–H and O–H groups in total. The lowest BCUT2D eigenvalue weighted by atomic mass is 9.82. The van der Waals surface area contributed by atoms with Gasteiger partial charge in [0.1, 0.15) is 5.82 Å². The third-order valence-electron chi connectivity index (χ3n) is 9.12. The van der Waals surface area contributed by atoms with Gasteiger partial charge in [-0.1, -0.05) is 0 Å². The second-order valence-corrected chi connectivity index (χ2v) is 12.2. The molecule has 1 aliphatic heterocycles. The van der Waals surface area contributed by atoms with Gasteiger partial charge in [0, 0.05) is 44.0 Å². The molecule has 0 spiro atoms. The Kier molecular flexibility index (Phi) is 8.26. The summed E-state index contributed by atoms with van der Waals surface area (Å²) in [6.07, 6.45) is 11.5. The lowest BCUT2D eigenvalue weighted by Gasteiger charge is -2.29. The normalized spacial score (nSPS) is 21.8. The number of pyridine rings is 1. The first-order chi connectivity index (χ1) is 19.1. The summed E-state index contributed by atoms with van der Waals surface area (Å²) in [5.74, 6) is -0.352. The van der Waals surface area contributed by atoms with Crippen LogP contribution >= 0.6 is 0 Å². The summed E-state index contributed by atoms with van der Waals surface area (Å²) in [5, 5.41) is 10.5. The van der Waals surface area contributed by atoms with E-state index in [1.807, 2.05) is 30.8 Å². The van der Waals surface area contributed by atoms with Crippen molar-refractivity contribution in [1.82, 2.24) is 19.4 Å². The first-order valence-electron chi connectivity index (χ1n) is 14.6. The minimum atomic E-state index is -0.645. The largest absolute Gasteiger partial charge is 0.481 e. The van der Waals surface area contributed by atoms with Crippen LogP contribution in [0.1, 0.15) is 67.4 Å². The van der Waals surface area contributed by atoms with Gasteiger partial charge in [-0.05, 0) is 107 Å². The predicted octanol–water partition coefficient (Wildman–Crippen LogP) is 5.71. The van der Waals surface area contributed by atoms with Gasteiger partial charge in [0.15, 0.2) is 0 Å². The molecule has 40 heavy (non-hydrogen) atoms. The molecular formula is C32H41FN4O3. The number of benzene rings is 1. The molecule has 5 rings (SSSR count). The summed E-state index contributed by atoms with van der Waals surface area (Å²) in [4.78, 5) is 33.3. The van der Waals surface area contributed by atoms with E-state index in [4.69, 9.17) is 0 Å². The molecule has 1 amide bonds. The average molecular weight is 549 g/mol. The van der Waals surface area contributed by atoms with Crippen LogP contribution in [-0.4, -0.2) is 69.1 Å². The Balaban J connectivity index is 1.38. The second kappa shape index (κ2) is 11.7. The molecular weight excluding hydrogens is 507 g/mol. The minimum absolute atomic E-state index is 0.0120. The van der Waals surface area contributed by atoms with Crippen LogP contribution in [0, 0.1) is 30.5 Å². The molecule has 1 atom stereocenters. The Labute approximate surface area is 236 Å². The number of amides is 1. The van der Waals surface area contributed by atoms with Crippen molar-refractivity contribution in [3.63, 3.8) is 0 Å². The highest BCUT2D eigenvalue weighted by Crippen LogP contribution is 2.34. The van der Waals surface area contributed by atoms with Gasteiger partial charge in [0.05, 0.1) is 28.9 Å². The number of rotatable bonds is 8. The number of hydrogen-bond acceptors (Lipinski definition) is 4. The molecule has 0 unspecified atom stereocenters. The number of carboxylic acids is 1. The summed E-state index contributed by atoms with van der Waals surface area (Å²) < 4.78 is 16.4. The lowest BCUT2D eigenvalue weighted by Crippen LogP contribution is -2.33. The topological polar surface area (TPSA) is 78.7 Å². The monoisotopic (exact) mass is 548 g/mol. The highest BCUT2D eigenvalue weighted by Gasteiger charge is 2.30. The number of carboxylic acid groups (broad SMARTS) is 1. The Hall–Kier alpha value is -3.26. The van der Waals surface area contributed by atoms with Gasteiger partial charge in [0.2, 0.25) is 0 Å². The SMILES string of the molecule is Cc1cncc2c1c(C[C@@H]1CCN(CC3CCC(C(=O)O)CC3)C1)cn2-c1ccc(F)cc1C(=O)N(C)C(C)C. The maximum absolute atomic E-state index is 14.4. The van der Waals surface area contributed by atoms with Crippen molar-refractivity contribution in [3.8, 4) is 5.69 Å². The maximum Gasteiger partial charge on any atom is 0.306 e. The number of aliphatic carboxylic acids is 1. The molecule has 1 aliphatic carbocycles. The number of hydrogen-bond donors (Lipinski definition) is 1. The van der Waals surface area contributed by atoms with Crippen molar-refractivity contribution in [3.05, 3.63) is 59.3 Å². The lowest BCUT2D eigenvalue weighted by molar-refractivity contribution is -0.143. The van der Waals surface area contributed by atoms with Gasteiger partial charge < -0.3 is 19.5 Å². The van der Waals surface area contributed by atoms with Gasteiger partial charge in [-0.3, -0.25) is 14.6 Å².